The molecule has 0 amide bonds. The summed E-state index contributed by atoms with van der Waals surface area (Å²) in [5.41, 5.74) is 2.12. The molecule has 102 valence electrons. The molecule has 0 aromatic heterocycles. The highest BCUT2D eigenvalue weighted by molar-refractivity contribution is 5.51. The lowest BCUT2D eigenvalue weighted by Gasteiger charge is -2.16. The minimum atomic E-state index is 0.515. The highest BCUT2D eigenvalue weighted by atomic mass is 16.5. The van der Waals surface area contributed by atoms with Gasteiger partial charge in [-0.2, -0.15) is 0 Å². The van der Waals surface area contributed by atoms with Crippen molar-refractivity contribution in [3.63, 3.8) is 0 Å². The molecule has 4 nitrogen and oxygen atoms in total. The van der Waals surface area contributed by atoms with Gasteiger partial charge < -0.3 is 18.9 Å². The zero-order chi connectivity index (χ0) is 13.4. The molecule has 0 aliphatic rings. The van der Waals surface area contributed by atoms with E-state index in [1.807, 2.05) is 26.0 Å². The Hall–Kier alpha value is -1.26. The van der Waals surface area contributed by atoms with E-state index in [1.54, 1.807) is 14.2 Å². The van der Waals surface area contributed by atoms with Crippen molar-refractivity contribution >= 4 is 0 Å². The van der Waals surface area contributed by atoms with E-state index in [4.69, 9.17) is 18.9 Å². The van der Waals surface area contributed by atoms with Crippen molar-refractivity contribution in [2.45, 2.75) is 13.8 Å². The van der Waals surface area contributed by atoms with Gasteiger partial charge in [0.1, 0.15) is 13.2 Å². The van der Waals surface area contributed by atoms with Gasteiger partial charge in [-0.3, -0.25) is 0 Å². The van der Waals surface area contributed by atoms with Gasteiger partial charge in [0.05, 0.1) is 13.2 Å². The SMILES string of the molecule is COCCOc1c(C)ccc(C)c1OCCOC. The summed E-state index contributed by atoms with van der Waals surface area (Å²) in [4.78, 5) is 0. The molecule has 1 rings (SSSR count). The van der Waals surface area contributed by atoms with Crippen LogP contribution in [0.4, 0.5) is 0 Å². The Labute approximate surface area is 109 Å². The van der Waals surface area contributed by atoms with Crippen LogP contribution in [0, 0.1) is 13.8 Å². The summed E-state index contributed by atoms with van der Waals surface area (Å²) in [6.45, 7) is 6.16. The van der Waals surface area contributed by atoms with Crippen LogP contribution in [0.15, 0.2) is 12.1 Å². The molecule has 0 radical (unpaired) electrons. The Morgan fingerprint density at radius 1 is 0.722 bits per heavy atom. The lowest BCUT2D eigenvalue weighted by atomic mass is 10.1. The molecule has 4 heteroatoms. The highest BCUT2D eigenvalue weighted by Crippen LogP contribution is 2.34. The van der Waals surface area contributed by atoms with E-state index in [2.05, 4.69) is 0 Å². The number of ether oxygens (including phenoxy) is 4. The van der Waals surface area contributed by atoms with Crippen LogP contribution < -0.4 is 9.47 Å². The molecule has 0 heterocycles. The van der Waals surface area contributed by atoms with Crippen molar-refractivity contribution in [3.8, 4) is 11.5 Å². The molecule has 0 fully saturated rings. The van der Waals surface area contributed by atoms with E-state index >= 15 is 0 Å². The van der Waals surface area contributed by atoms with E-state index < -0.39 is 0 Å². The van der Waals surface area contributed by atoms with Crippen LogP contribution in [-0.2, 0) is 9.47 Å². The van der Waals surface area contributed by atoms with Gasteiger partial charge in [-0.25, -0.2) is 0 Å². The Morgan fingerprint density at radius 2 is 1.11 bits per heavy atom. The predicted molar refractivity (Wildman–Crippen MR) is 70.7 cm³/mol. The standard InChI is InChI=1S/C14H22O4/c1-11-5-6-12(2)14(18-10-8-16-4)13(11)17-9-7-15-3/h5-6H,7-10H2,1-4H3. The fourth-order valence-electron chi connectivity index (χ4n) is 1.57. The van der Waals surface area contributed by atoms with E-state index in [-0.39, 0.29) is 0 Å². The van der Waals surface area contributed by atoms with Crippen LogP contribution in [-0.4, -0.2) is 40.6 Å². The van der Waals surface area contributed by atoms with E-state index in [0.29, 0.717) is 26.4 Å². The molecule has 0 unspecified atom stereocenters. The minimum Gasteiger partial charge on any atom is -0.487 e. The normalized spacial score (nSPS) is 10.4. The van der Waals surface area contributed by atoms with Crippen LogP contribution >= 0.6 is 0 Å². The average molecular weight is 254 g/mol. The highest BCUT2D eigenvalue weighted by Gasteiger charge is 2.11. The van der Waals surface area contributed by atoms with Crippen LogP contribution in [0.1, 0.15) is 11.1 Å². The fourth-order valence-corrected chi connectivity index (χ4v) is 1.57. The molecular formula is C14H22O4. The summed E-state index contributed by atoms with van der Waals surface area (Å²) in [5.74, 6) is 1.59. The van der Waals surface area contributed by atoms with Gasteiger partial charge in [0.15, 0.2) is 11.5 Å². The van der Waals surface area contributed by atoms with Crippen molar-refractivity contribution in [1.29, 1.82) is 0 Å². The summed E-state index contributed by atoms with van der Waals surface area (Å²) in [6, 6.07) is 4.06. The van der Waals surface area contributed by atoms with Gasteiger partial charge in [-0.05, 0) is 25.0 Å². The number of aryl methyl sites for hydroxylation is 2. The maximum Gasteiger partial charge on any atom is 0.164 e. The minimum absolute atomic E-state index is 0.515. The number of methoxy groups -OCH3 is 2. The fraction of sp³-hybridized carbons (Fsp3) is 0.571. The van der Waals surface area contributed by atoms with Gasteiger partial charge in [0.2, 0.25) is 0 Å². The third-order valence-electron chi connectivity index (χ3n) is 2.57. The maximum absolute atomic E-state index is 5.73. The smallest absolute Gasteiger partial charge is 0.164 e. The second-order valence-electron chi connectivity index (χ2n) is 4.04. The third kappa shape index (κ3) is 4.20. The summed E-state index contributed by atoms with van der Waals surface area (Å²) in [6.07, 6.45) is 0. The summed E-state index contributed by atoms with van der Waals surface area (Å²) in [5, 5.41) is 0. The van der Waals surface area contributed by atoms with Crippen molar-refractivity contribution in [3.05, 3.63) is 23.3 Å². The molecule has 1 aromatic carbocycles. The van der Waals surface area contributed by atoms with Crippen molar-refractivity contribution in [2.75, 3.05) is 40.6 Å². The lowest BCUT2D eigenvalue weighted by molar-refractivity contribution is 0.131. The van der Waals surface area contributed by atoms with E-state index in [1.165, 1.54) is 0 Å². The van der Waals surface area contributed by atoms with E-state index in [9.17, 15) is 0 Å². The number of hydrogen-bond donors (Lipinski definition) is 0. The molecular weight excluding hydrogens is 232 g/mol. The zero-order valence-corrected chi connectivity index (χ0v) is 11.6. The molecule has 0 saturated carbocycles. The van der Waals surface area contributed by atoms with E-state index in [0.717, 1.165) is 22.6 Å². The maximum atomic E-state index is 5.73. The molecule has 0 bridgehead atoms. The largest absolute Gasteiger partial charge is 0.487 e. The molecule has 1 aromatic rings. The third-order valence-corrected chi connectivity index (χ3v) is 2.57. The van der Waals surface area contributed by atoms with Gasteiger partial charge in [-0.15, -0.1) is 0 Å². The average Bonchev–Trinajstić information content (AvgIpc) is 2.36. The Kier molecular flexibility index (Phi) is 6.54. The first-order valence-electron chi connectivity index (χ1n) is 6.04. The first kappa shape index (κ1) is 14.8. The first-order chi connectivity index (χ1) is 8.70. The van der Waals surface area contributed by atoms with Crippen LogP contribution in [0.2, 0.25) is 0 Å². The lowest BCUT2D eigenvalue weighted by Crippen LogP contribution is -2.10. The van der Waals surface area contributed by atoms with Crippen LogP contribution in [0.5, 0.6) is 11.5 Å². The quantitative estimate of drug-likeness (QED) is 0.667. The summed E-state index contributed by atoms with van der Waals surface area (Å²) in [7, 11) is 3.31. The molecule has 0 N–H and O–H groups in total. The topological polar surface area (TPSA) is 36.9 Å². The van der Waals surface area contributed by atoms with Gasteiger partial charge in [-0.1, -0.05) is 12.1 Å². The summed E-state index contributed by atoms with van der Waals surface area (Å²) < 4.78 is 21.4. The molecule has 0 aliphatic carbocycles. The molecule has 0 atom stereocenters. The van der Waals surface area contributed by atoms with Crippen molar-refractivity contribution in [2.24, 2.45) is 0 Å². The predicted octanol–water partition coefficient (Wildman–Crippen LogP) is 2.35. The van der Waals surface area contributed by atoms with Crippen LogP contribution in [0.25, 0.3) is 0 Å². The number of rotatable bonds is 8. The van der Waals surface area contributed by atoms with Gasteiger partial charge in [0.25, 0.3) is 0 Å². The van der Waals surface area contributed by atoms with Crippen molar-refractivity contribution in [1.82, 2.24) is 0 Å². The van der Waals surface area contributed by atoms with Crippen molar-refractivity contribution < 1.29 is 18.9 Å². The summed E-state index contributed by atoms with van der Waals surface area (Å²) >= 11 is 0. The Balaban J connectivity index is 2.79. The Morgan fingerprint density at radius 3 is 1.44 bits per heavy atom. The monoisotopic (exact) mass is 254 g/mol. The Bertz CT molecular complexity index is 328. The molecule has 18 heavy (non-hydrogen) atoms. The van der Waals surface area contributed by atoms with Crippen LogP contribution in [0.3, 0.4) is 0 Å². The second-order valence-corrected chi connectivity index (χ2v) is 4.04. The number of hydrogen-bond acceptors (Lipinski definition) is 4. The zero-order valence-electron chi connectivity index (χ0n) is 11.6. The van der Waals surface area contributed by atoms with Gasteiger partial charge >= 0.3 is 0 Å². The molecule has 0 aliphatic heterocycles. The van der Waals surface area contributed by atoms with Gasteiger partial charge in [0, 0.05) is 14.2 Å². The number of benzene rings is 1. The molecule has 0 spiro atoms. The second kappa shape index (κ2) is 7.95. The molecule has 0 saturated heterocycles. The first-order valence-corrected chi connectivity index (χ1v) is 6.04.